The summed E-state index contributed by atoms with van der Waals surface area (Å²) in [6.45, 7) is 4.41. The van der Waals surface area contributed by atoms with Crippen LogP contribution >= 0.6 is 0 Å². The molecule has 0 bridgehead atoms. The Morgan fingerprint density at radius 1 is 1.44 bits per heavy atom. The number of rotatable bonds is 6. The molecule has 2 aromatic rings. The van der Waals surface area contributed by atoms with Crippen molar-refractivity contribution in [1.29, 1.82) is 0 Å². The highest BCUT2D eigenvalue weighted by atomic mass is 16.3. The molecule has 0 fully saturated rings. The average Bonchev–Trinajstić information content (AvgIpc) is 3.26. The van der Waals surface area contributed by atoms with Crippen molar-refractivity contribution in [3.8, 4) is 0 Å². The van der Waals surface area contributed by atoms with Gasteiger partial charge in [0.1, 0.15) is 5.82 Å². The highest BCUT2D eigenvalue weighted by molar-refractivity contribution is 5.88. The summed E-state index contributed by atoms with van der Waals surface area (Å²) in [4.78, 5) is 14.7. The van der Waals surface area contributed by atoms with E-state index in [1.54, 1.807) is 11.1 Å². The van der Waals surface area contributed by atoms with E-state index >= 15 is 0 Å². The molecule has 0 saturated heterocycles. The third-order valence-corrected chi connectivity index (χ3v) is 4.99. The second-order valence-corrected chi connectivity index (χ2v) is 6.52. The van der Waals surface area contributed by atoms with Crippen molar-refractivity contribution in [1.82, 2.24) is 14.7 Å². The number of anilines is 1. The molecule has 1 heterocycles. The zero-order chi connectivity index (χ0) is 17.8. The monoisotopic (exact) mass is 342 g/mol. The molecule has 3 rings (SSSR count). The van der Waals surface area contributed by atoms with Gasteiger partial charge in [-0.1, -0.05) is 31.2 Å². The molecule has 1 aromatic carbocycles. The van der Waals surface area contributed by atoms with Gasteiger partial charge in [0.15, 0.2) is 0 Å². The number of nitrogens with one attached hydrogen (secondary N) is 1. The number of hydrogen-bond donors (Lipinski definition) is 2. The van der Waals surface area contributed by atoms with E-state index in [0.717, 1.165) is 19.3 Å². The molecule has 25 heavy (non-hydrogen) atoms. The number of benzene rings is 1. The lowest BCUT2D eigenvalue weighted by Crippen LogP contribution is -2.39. The second-order valence-electron chi connectivity index (χ2n) is 6.52. The first-order chi connectivity index (χ1) is 12.2. The molecule has 2 amide bonds. The first kappa shape index (κ1) is 17.5. The van der Waals surface area contributed by atoms with Crippen LogP contribution in [0, 0.1) is 0 Å². The first-order valence-corrected chi connectivity index (χ1v) is 8.95. The molecule has 0 radical (unpaired) electrons. The first-order valence-electron chi connectivity index (χ1n) is 8.95. The van der Waals surface area contributed by atoms with Crippen LogP contribution in [-0.4, -0.2) is 39.0 Å². The maximum Gasteiger partial charge on any atom is 0.323 e. The standard InChI is InChI=1S/C19H26N4O2/c1-3-14(2)23-18(10-11-20-23)21-19(25)22(12-13-24)17-9-8-15-6-4-5-7-16(15)17/h4-7,10-11,14,17,24H,3,8-9,12-13H2,1-2H3,(H,21,25). The Balaban J connectivity index is 1.80. The molecule has 6 nitrogen and oxygen atoms in total. The predicted molar refractivity (Wildman–Crippen MR) is 97.5 cm³/mol. The van der Waals surface area contributed by atoms with Gasteiger partial charge in [-0.05, 0) is 37.3 Å². The second kappa shape index (κ2) is 7.70. The van der Waals surface area contributed by atoms with Crippen LogP contribution < -0.4 is 5.32 Å². The fourth-order valence-corrected chi connectivity index (χ4v) is 3.48. The molecule has 134 valence electrons. The predicted octanol–water partition coefficient (Wildman–Crippen LogP) is 3.37. The van der Waals surface area contributed by atoms with Crippen LogP contribution in [-0.2, 0) is 6.42 Å². The van der Waals surface area contributed by atoms with E-state index in [9.17, 15) is 9.90 Å². The number of hydrogen-bond acceptors (Lipinski definition) is 3. The van der Waals surface area contributed by atoms with E-state index in [2.05, 4.69) is 36.4 Å². The van der Waals surface area contributed by atoms with E-state index < -0.39 is 0 Å². The minimum absolute atomic E-state index is 0.00307. The van der Waals surface area contributed by atoms with Gasteiger partial charge in [-0.15, -0.1) is 0 Å². The Hall–Kier alpha value is -2.34. The number of amides is 2. The Morgan fingerprint density at radius 2 is 2.24 bits per heavy atom. The Morgan fingerprint density at radius 3 is 3.00 bits per heavy atom. The van der Waals surface area contributed by atoms with Gasteiger partial charge in [-0.3, -0.25) is 5.32 Å². The maximum atomic E-state index is 12.9. The maximum absolute atomic E-state index is 12.9. The third kappa shape index (κ3) is 3.54. The molecule has 1 aliphatic rings. The number of aryl methyl sites for hydroxylation is 1. The third-order valence-electron chi connectivity index (χ3n) is 4.99. The molecule has 0 spiro atoms. The zero-order valence-corrected chi connectivity index (χ0v) is 14.9. The molecule has 0 aliphatic heterocycles. The fraction of sp³-hybridized carbons (Fsp3) is 0.474. The van der Waals surface area contributed by atoms with Crippen molar-refractivity contribution in [2.75, 3.05) is 18.5 Å². The summed E-state index contributed by atoms with van der Waals surface area (Å²) in [6.07, 6.45) is 4.47. The van der Waals surface area contributed by atoms with Crippen LogP contribution in [0.4, 0.5) is 10.6 Å². The molecular weight excluding hydrogens is 316 g/mol. The summed E-state index contributed by atoms with van der Waals surface area (Å²) in [5, 5.41) is 16.7. The van der Waals surface area contributed by atoms with Crippen molar-refractivity contribution < 1.29 is 9.90 Å². The Labute approximate surface area is 148 Å². The van der Waals surface area contributed by atoms with E-state index in [-0.39, 0.29) is 24.7 Å². The average molecular weight is 342 g/mol. The lowest BCUT2D eigenvalue weighted by atomic mass is 10.1. The van der Waals surface area contributed by atoms with Crippen molar-refractivity contribution in [2.24, 2.45) is 0 Å². The highest BCUT2D eigenvalue weighted by Gasteiger charge is 2.31. The summed E-state index contributed by atoms with van der Waals surface area (Å²) < 4.78 is 1.83. The van der Waals surface area contributed by atoms with E-state index in [1.165, 1.54) is 11.1 Å². The van der Waals surface area contributed by atoms with Gasteiger partial charge in [-0.25, -0.2) is 9.48 Å². The number of carbonyl (C=O) groups excluding carboxylic acids is 1. The van der Waals surface area contributed by atoms with Crippen LogP contribution in [0.25, 0.3) is 0 Å². The van der Waals surface area contributed by atoms with Gasteiger partial charge < -0.3 is 10.0 Å². The van der Waals surface area contributed by atoms with Crippen molar-refractivity contribution in [3.63, 3.8) is 0 Å². The summed E-state index contributed by atoms with van der Waals surface area (Å²) in [5.41, 5.74) is 2.47. The van der Waals surface area contributed by atoms with Gasteiger partial charge in [0, 0.05) is 12.6 Å². The number of aliphatic hydroxyl groups excluding tert-OH is 1. The number of nitrogens with zero attached hydrogens (tertiary/aromatic N) is 3. The van der Waals surface area contributed by atoms with Crippen molar-refractivity contribution in [3.05, 3.63) is 47.7 Å². The summed E-state index contributed by atoms with van der Waals surface area (Å²) in [6, 6.07) is 10.1. The van der Waals surface area contributed by atoms with Crippen molar-refractivity contribution in [2.45, 2.75) is 45.2 Å². The lowest BCUT2D eigenvalue weighted by molar-refractivity contribution is 0.162. The number of aliphatic hydroxyl groups is 1. The van der Waals surface area contributed by atoms with Gasteiger partial charge >= 0.3 is 6.03 Å². The molecule has 1 aliphatic carbocycles. The van der Waals surface area contributed by atoms with E-state index in [0.29, 0.717) is 12.4 Å². The van der Waals surface area contributed by atoms with Crippen LogP contribution in [0.1, 0.15) is 49.9 Å². The minimum Gasteiger partial charge on any atom is -0.395 e. The molecule has 1 aromatic heterocycles. The zero-order valence-electron chi connectivity index (χ0n) is 14.9. The Kier molecular flexibility index (Phi) is 5.38. The highest BCUT2D eigenvalue weighted by Crippen LogP contribution is 2.35. The molecular formula is C19H26N4O2. The number of carbonyl (C=O) groups is 1. The van der Waals surface area contributed by atoms with Crippen LogP contribution in [0.3, 0.4) is 0 Å². The molecule has 2 atom stereocenters. The summed E-state index contributed by atoms with van der Waals surface area (Å²) in [5.74, 6) is 0.688. The van der Waals surface area contributed by atoms with E-state index in [1.807, 2.05) is 22.9 Å². The van der Waals surface area contributed by atoms with Crippen molar-refractivity contribution >= 4 is 11.8 Å². The topological polar surface area (TPSA) is 70.4 Å². The number of fused-ring (bicyclic) bond motifs is 1. The van der Waals surface area contributed by atoms with Gasteiger partial charge in [0.2, 0.25) is 0 Å². The van der Waals surface area contributed by atoms with Gasteiger partial charge in [-0.2, -0.15) is 5.10 Å². The SMILES string of the molecule is CCC(C)n1nccc1NC(=O)N(CCO)C1CCc2ccccc21. The molecule has 0 saturated carbocycles. The van der Waals surface area contributed by atoms with Crippen LogP contribution in [0.5, 0.6) is 0 Å². The number of urea groups is 1. The van der Waals surface area contributed by atoms with Crippen LogP contribution in [0.15, 0.2) is 36.5 Å². The lowest BCUT2D eigenvalue weighted by Gasteiger charge is -2.29. The number of aromatic nitrogens is 2. The normalized spacial score (nSPS) is 17.2. The quantitative estimate of drug-likeness (QED) is 0.845. The minimum atomic E-state index is -0.194. The molecule has 6 heteroatoms. The summed E-state index contributed by atoms with van der Waals surface area (Å²) in [7, 11) is 0. The van der Waals surface area contributed by atoms with Gasteiger partial charge in [0.25, 0.3) is 0 Å². The molecule has 2 unspecified atom stereocenters. The smallest absolute Gasteiger partial charge is 0.323 e. The largest absolute Gasteiger partial charge is 0.395 e. The molecule has 2 N–H and O–H groups in total. The fourth-order valence-electron chi connectivity index (χ4n) is 3.48. The van der Waals surface area contributed by atoms with Crippen LogP contribution in [0.2, 0.25) is 0 Å². The Bertz CT molecular complexity index is 728. The van der Waals surface area contributed by atoms with Gasteiger partial charge in [0.05, 0.1) is 24.9 Å². The van der Waals surface area contributed by atoms with E-state index in [4.69, 9.17) is 0 Å². The summed E-state index contributed by atoms with van der Waals surface area (Å²) >= 11 is 0.